The molecular weight excluding hydrogens is 190 g/mol. The molecule has 0 fully saturated rings. The summed E-state index contributed by atoms with van der Waals surface area (Å²) >= 11 is 1.40. The number of nitrogens with zero attached hydrogens (tertiary/aromatic N) is 3. The van der Waals surface area contributed by atoms with Crippen LogP contribution < -0.4 is 0 Å². The summed E-state index contributed by atoms with van der Waals surface area (Å²) in [5.41, 5.74) is 0. The zero-order chi connectivity index (χ0) is 9.84. The van der Waals surface area contributed by atoms with E-state index in [1.54, 1.807) is 17.8 Å². The molecule has 72 valence electrons. The van der Waals surface area contributed by atoms with Gasteiger partial charge >= 0.3 is 5.97 Å². The molecule has 0 aromatic carbocycles. The van der Waals surface area contributed by atoms with Crippen LogP contribution in [0.5, 0.6) is 0 Å². The number of hydrogen-bond acceptors (Lipinski definition) is 4. The first-order chi connectivity index (χ1) is 6.11. The van der Waals surface area contributed by atoms with Crippen LogP contribution in [0, 0.1) is 5.92 Å². The predicted octanol–water partition coefficient (Wildman–Crippen LogP) is 0.628. The Kier molecular flexibility index (Phi) is 3.30. The zero-order valence-corrected chi connectivity index (χ0v) is 8.28. The van der Waals surface area contributed by atoms with Crippen LogP contribution in [0.15, 0.2) is 11.5 Å². The maximum Gasteiger partial charge on any atom is 0.307 e. The van der Waals surface area contributed by atoms with Gasteiger partial charge in [-0.1, -0.05) is 18.7 Å². The van der Waals surface area contributed by atoms with Crippen molar-refractivity contribution in [3.05, 3.63) is 6.33 Å². The highest BCUT2D eigenvalue weighted by Crippen LogP contribution is 2.16. The highest BCUT2D eigenvalue weighted by atomic mass is 32.2. The van der Waals surface area contributed by atoms with Gasteiger partial charge in [0.05, 0.1) is 5.92 Å². The Morgan fingerprint density at radius 1 is 1.85 bits per heavy atom. The van der Waals surface area contributed by atoms with Gasteiger partial charge in [-0.25, -0.2) is 0 Å². The Labute approximate surface area is 80.2 Å². The number of rotatable bonds is 4. The highest BCUT2D eigenvalue weighted by molar-refractivity contribution is 7.99. The van der Waals surface area contributed by atoms with Crippen molar-refractivity contribution in [3.8, 4) is 0 Å². The van der Waals surface area contributed by atoms with E-state index in [1.165, 1.54) is 11.8 Å². The van der Waals surface area contributed by atoms with E-state index in [2.05, 4.69) is 10.2 Å². The molecular formula is C7H11N3O2S. The molecule has 1 unspecified atom stereocenters. The van der Waals surface area contributed by atoms with Crippen molar-refractivity contribution in [2.45, 2.75) is 12.1 Å². The Hall–Kier alpha value is -1.04. The molecule has 1 N–H and O–H groups in total. The summed E-state index contributed by atoms with van der Waals surface area (Å²) in [5.74, 6) is -0.627. The smallest absolute Gasteiger partial charge is 0.307 e. The predicted molar refractivity (Wildman–Crippen MR) is 48.5 cm³/mol. The van der Waals surface area contributed by atoms with Gasteiger partial charge in [0.1, 0.15) is 6.33 Å². The van der Waals surface area contributed by atoms with Gasteiger partial charge in [-0.3, -0.25) is 4.79 Å². The van der Waals surface area contributed by atoms with Crippen molar-refractivity contribution in [1.82, 2.24) is 14.8 Å². The van der Waals surface area contributed by atoms with E-state index in [4.69, 9.17) is 5.11 Å². The first-order valence-corrected chi connectivity index (χ1v) is 4.79. The summed E-state index contributed by atoms with van der Waals surface area (Å²) in [4.78, 5) is 10.5. The molecule has 0 saturated heterocycles. The largest absolute Gasteiger partial charge is 0.481 e. The van der Waals surface area contributed by atoms with Crippen LogP contribution in [0.3, 0.4) is 0 Å². The average molecular weight is 201 g/mol. The third kappa shape index (κ3) is 2.73. The lowest BCUT2D eigenvalue weighted by atomic mass is 10.2. The van der Waals surface area contributed by atoms with Crippen LogP contribution in [0.4, 0.5) is 0 Å². The van der Waals surface area contributed by atoms with Crippen molar-refractivity contribution in [1.29, 1.82) is 0 Å². The number of aryl methyl sites for hydroxylation is 1. The topological polar surface area (TPSA) is 68.0 Å². The second kappa shape index (κ2) is 4.27. The summed E-state index contributed by atoms with van der Waals surface area (Å²) in [7, 11) is 1.83. The van der Waals surface area contributed by atoms with Crippen molar-refractivity contribution in [2.75, 3.05) is 5.75 Å². The molecule has 0 saturated carbocycles. The molecule has 0 aliphatic heterocycles. The van der Waals surface area contributed by atoms with Crippen LogP contribution in [-0.4, -0.2) is 31.6 Å². The molecule has 5 nitrogen and oxygen atoms in total. The number of carbonyl (C=O) groups is 1. The number of aromatic nitrogens is 3. The van der Waals surface area contributed by atoms with E-state index in [1.807, 2.05) is 7.05 Å². The van der Waals surface area contributed by atoms with Crippen LogP contribution in [-0.2, 0) is 11.8 Å². The molecule has 0 spiro atoms. The van der Waals surface area contributed by atoms with Gasteiger partial charge in [0, 0.05) is 12.8 Å². The molecule has 1 atom stereocenters. The first kappa shape index (κ1) is 10.0. The summed E-state index contributed by atoms with van der Waals surface area (Å²) in [6, 6.07) is 0. The fourth-order valence-electron chi connectivity index (χ4n) is 0.674. The normalized spacial score (nSPS) is 12.8. The highest BCUT2D eigenvalue weighted by Gasteiger charge is 2.12. The summed E-state index contributed by atoms with van der Waals surface area (Å²) in [5, 5.41) is 16.9. The molecule has 1 aromatic rings. The summed E-state index contributed by atoms with van der Waals surface area (Å²) < 4.78 is 1.76. The fraction of sp³-hybridized carbons (Fsp3) is 0.571. The summed E-state index contributed by atoms with van der Waals surface area (Å²) in [6.45, 7) is 1.67. The van der Waals surface area contributed by atoms with Crippen molar-refractivity contribution in [2.24, 2.45) is 13.0 Å². The minimum Gasteiger partial charge on any atom is -0.481 e. The van der Waals surface area contributed by atoms with Crippen LogP contribution in [0.1, 0.15) is 6.92 Å². The minimum atomic E-state index is -0.783. The lowest BCUT2D eigenvalue weighted by Crippen LogP contribution is -2.12. The number of carboxylic acid groups (broad SMARTS) is 1. The SMILES string of the molecule is CC(CSc1nncn1C)C(=O)O. The summed E-state index contributed by atoms with van der Waals surface area (Å²) in [6.07, 6.45) is 1.59. The number of hydrogen-bond donors (Lipinski definition) is 1. The monoisotopic (exact) mass is 201 g/mol. The van der Waals surface area contributed by atoms with Gasteiger partial charge < -0.3 is 9.67 Å². The van der Waals surface area contributed by atoms with Crippen LogP contribution >= 0.6 is 11.8 Å². The van der Waals surface area contributed by atoms with Gasteiger partial charge in [0.15, 0.2) is 5.16 Å². The Bertz CT molecular complexity index is 300. The van der Waals surface area contributed by atoms with E-state index in [0.717, 1.165) is 5.16 Å². The van der Waals surface area contributed by atoms with E-state index < -0.39 is 5.97 Å². The minimum absolute atomic E-state index is 0.360. The van der Waals surface area contributed by atoms with Gasteiger partial charge in [0.25, 0.3) is 0 Å². The quantitative estimate of drug-likeness (QED) is 0.723. The molecule has 13 heavy (non-hydrogen) atoms. The third-order valence-electron chi connectivity index (χ3n) is 1.55. The van der Waals surface area contributed by atoms with E-state index in [9.17, 15) is 4.79 Å². The van der Waals surface area contributed by atoms with Crippen LogP contribution in [0.2, 0.25) is 0 Å². The van der Waals surface area contributed by atoms with Crippen LogP contribution in [0.25, 0.3) is 0 Å². The Morgan fingerprint density at radius 2 is 2.54 bits per heavy atom. The Morgan fingerprint density at radius 3 is 3.00 bits per heavy atom. The van der Waals surface area contributed by atoms with Gasteiger partial charge in [-0.15, -0.1) is 10.2 Å². The first-order valence-electron chi connectivity index (χ1n) is 3.81. The van der Waals surface area contributed by atoms with E-state index in [0.29, 0.717) is 5.75 Å². The van der Waals surface area contributed by atoms with E-state index >= 15 is 0 Å². The van der Waals surface area contributed by atoms with Crippen molar-refractivity contribution in [3.63, 3.8) is 0 Å². The number of aliphatic carboxylic acids is 1. The molecule has 0 bridgehead atoms. The van der Waals surface area contributed by atoms with Crippen molar-refractivity contribution >= 4 is 17.7 Å². The third-order valence-corrected chi connectivity index (χ3v) is 2.85. The lowest BCUT2D eigenvalue weighted by molar-refractivity contribution is -0.140. The Balaban J connectivity index is 2.44. The number of carboxylic acids is 1. The molecule has 1 aromatic heterocycles. The van der Waals surface area contributed by atoms with Gasteiger partial charge in [-0.05, 0) is 0 Å². The second-order valence-corrected chi connectivity index (χ2v) is 3.76. The van der Waals surface area contributed by atoms with Gasteiger partial charge in [0.2, 0.25) is 0 Å². The molecule has 6 heteroatoms. The molecule has 1 rings (SSSR count). The molecule has 0 aliphatic rings. The van der Waals surface area contributed by atoms with Gasteiger partial charge in [-0.2, -0.15) is 0 Å². The van der Waals surface area contributed by atoms with E-state index in [-0.39, 0.29) is 5.92 Å². The zero-order valence-electron chi connectivity index (χ0n) is 7.47. The second-order valence-electron chi connectivity index (χ2n) is 2.77. The lowest BCUT2D eigenvalue weighted by Gasteiger charge is -2.03. The standard InChI is InChI=1S/C7H11N3O2S/c1-5(6(11)12)3-13-7-9-8-4-10(7)2/h4-5H,3H2,1-2H3,(H,11,12). The number of thioether (sulfide) groups is 1. The van der Waals surface area contributed by atoms with Crippen molar-refractivity contribution < 1.29 is 9.90 Å². The maximum atomic E-state index is 10.5. The fourth-order valence-corrected chi connectivity index (χ4v) is 1.57. The molecule has 0 radical (unpaired) electrons. The molecule has 1 heterocycles. The average Bonchev–Trinajstić information content (AvgIpc) is 2.47. The molecule has 0 amide bonds. The molecule has 0 aliphatic carbocycles. The maximum absolute atomic E-state index is 10.5.